The lowest BCUT2D eigenvalue weighted by Crippen LogP contribution is -2.48. The lowest BCUT2D eigenvalue weighted by atomic mass is 10.3. The molecule has 0 aromatic carbocycles. The van der Waals surface area contributed by atoms with Crippen molar-refractivity contribution in [2.45, 2.75) is 6.42 Å². The van der Waals surface area contributed by atoms with Gasteiger partial charge in [-0.15, -0.1) is 0 Å². The van der Waals surface area contributed by atoms with Gasteiger partial charge < -0.3 is 24.2 Å². The lowest BCUT2D eigenvalue weighted by molar-refractivity contribution is -0.138. The van der Waals surface area contributed by atoms with Crippen molar-refractivity contribution in [2.75, 3.05) is 77.3 Å². The molecular formula is C16H25Cl2N5O5. The fourth-order valence-electron chi connectivity index (χ4n) is 2.52. The number of hydrogen-bond acceptors (Lipinski definition) is 9. The molecule has 1 aromatic rings. The second kappa shape index (κ2) is 13.0. The van der Waals surface area contributed by atoms with Crippen LogP contribution in [-0.4, -0.2) is 103 Å². The molecule has 1 aliphatic rings. The average Bonchev–Trinajstić information content (AvgIpc) is 2.65. The van der Waals surface area contributed by atoms with Crippen LogP contribution in [-0.2, 0) is 19.0 Å². The maximum atomic E-state index is 10.3. The van der Waals surface area contributed by atoms with E-state index in [-0.39, 0.29) is 23.6 Å². The molecule has 28 heavy (non-hydrogen) atoms. The molecule has 158 valence electrons. The molecule has 0 saturated carbocycles. The number of nitrogens with zero attached hydrogens (tertiary/aromatic N) is 5. The topological polar surface area (TPSA) is 110 Å². The van der Waals surface area contributed by atoms with Gasteiger partial charge in [-0.05, 0) is 23.2 Å². The maximum Gasteiger partial charge on any atom is 0.305 e. The van der Waals surface area contributed by atoms with Crippen molar-refractivity contribution in [3.8, 4) is 0 Å². The Hall–Kier alpha value is -1.30. The molecule has 0 aliphatic carbocycles. The van der Waals surface area contributed by atoms with Crippen LogP contribution in [0.2, 0.25) is 10.6 Å². The van der Waals surface area contributed by atoms with E-state index >= 15 is 0 Å². The van der Waals surface area contributed by atoms with E-state index in [0.717, 1.165) is 32.7 Å². The summed E-state index contributed by atoms with van der Waals surface area (Å²) in [5.74, 6) is -0.361. The third-order valence-corrected chi connectivity index (χ3v) is 4.32. The van der Waals surface area contributed by atoms with Crippen LogP contribution < -0.4 is 4.90 Å². The molecule has 0 bridgehead atoms. The summed E-state index contributed by atoms with van der Waals surface area (Å²) in [6, 6.07) is 0. The molecule has 0 unspecified atom stereocenters. The molecule has 1 N–H and O–H groups in total. The number of anilines is 1. The van der Waals surface area contributed by atoms with Crippen LogP contribution >= 0.6 is 23.2 Å². The van der Waals surface area contributed by atoms with Crippen molar-refractivity contribution < 1.29 is 24.1 Å². The molecule has 0 radical (unpaired) electrons. The van der Waals surface area contributed by atoms with Gasteiger partial charge in [-0.25, -0.2) is 0 Å². The van der Waals surface area contributed by atoms with Gasteiger partial charge in [0.2, 0.25) is 16.5 Å². The third-order valence-electron chi connectivity index (χ3n) is 3.98. The first kappa shape index (κ1) is 23.0. The molecule has 2 heterocycles. The fourth-order valence-corrected chi connectivity index (χ4v) is 2.88. The molecule has 1 aromatic heterocycles. The van der Waals surface area contributed by atoms with Crippen LogP contribution in [0.5, 0.6) is 0 Å². The summed E-state index contributed by atoms with van der Waals surface area (Å²) in [5.41, 5.74) is 0. The molecule has 0 amide bonds. The van der Waals surface area contributed by atoms with Gasteiger partial charge in [-0.1, -0.05) is 0 Å². The highest BCUT2D eigenvalue weighted by atomic mass is 35.5. The predicted molar refractivity (Wildman–Crippen MR) is 103 cm³/mol. The number of carbonyl (C=O) groups is 1. The predicted octanol–water partition coefficient (Wildman–Crippen LogP) is 0.825. The Bertz CT molecular complexity index is 585. The number of halogens is 2. The number of piperazine rings is 1. The molecule has 2 rings (SSSR count). The van der Waals surface area contributed by atoms with E-state index in [9.17, 15) is 4.79 Å². The van der Waals surface area contributed by atoms with E-state index in [2.05, 4.69) is 19.9 Å². The maximum absolute atomic E-state index is 10.3. The number of carboxylic acid groups (broad SMARTS) is 1. The van der Waals surface area contributed by atoms with Gasteiger partial charge in [-0.2, -0.15) is 15.0 Å². The van der Waals surface area contributed by atoms with E-state index < -0.39 is 5.97 Å². The number of aromatic nitrogens is 3. The summed E-state index contributed by atoms with van der Waals surface area (Å²) in [6.07, 6.45) is 0.00838. The van der Waals surface area contributed by atoms with Gasteiger partial charge in [-0.3, -0.25) is 9.69 Å². The molecule has 1 fully saturated rings. The number of hydrogen-bond donors (Lipinski definition) is 1. The first-order valence-electron chi connectivity index (χ1n) is 9.04. The molecule has 12 heteroatoms. The minimum atomic E-state index is -0.866. The fraction of sp³-hybridized carbons (Fsp3) is 0.750. The number of rotatable bonds is 13. The summed E-state index contributed by atoms with van der Waals surface area (Å²) in [6.45, 7) is 6.77. The Morgan fingerprint density at radius 3 is 1.96 bits per heavy atom. The number of aliphatic carboxylic acids is 1. The van der Waals surface area contributed by atoms with Gasteiger partial charge in [0.15, 0.2) is 0 Å². The Balaban J connectivity index is 1.45. The standard InChI is InChI=1S/C16H25Cl2N5O5/c17-14-19-15(18)21-16(20-14)23-4-2-22(3-5-23)6-8-27-10-12-28-11-9-26-7-1-13(24)25/h1-12H2,(H,24,25). The second-order valence-electron chi connectivity index (χ2n) is 5.98. The Morgan fingerprint density at radius 1 is 0.857 bits per heavy atom. The molecule has 1 saturated heterocycles. The highest BCUT2D eigenvalue weighted by Crippen LogP contribution is 2.15. The summed E-state index contributed by atoms with van der Waals surface area (Å²) in [7, 11) is 0. The molecular weight excluding hydrogens is 413 g/mol. The van der Waals surface area contributed by atoms with Crippen molar-refractivity contribution in [2.24, 2.45) is 0 Å². The first-order chi connectivity index (χ1) is 13.5. The Labute approximate surface area is 173 Å². The normalized spacial score (nSPS) is 15.1. The van der Waals surface area contributed by atoms with E-state index in [1.165, 1.54) is 0 Å². The van der Waals surface area contributed by atoms with Crippen LogP contribution in [0.1, 0.15) is 6.42 Å². The van der Waals surface area contributed by atoms with Crippen molar-refractivity contribution in [1.82, 2.24) is 19.9 Å². The highest BCUT2D eigenvalue weighted by molar-refractivity contribution is 6.31. The summed E-state index contributed by atoms with van der Waals surface area (Å²) in [4.78, 5) is 26.6. The summed E-state index contributed by atoms with van der Waals surface area (Å²) >= 11 is 11.6. The van der Waals surface area contributed by atoms with Crippen LogP contribution in [0.3, 0.4) is 0 Å². The van der Waals surface area contributed by atoms with Gasteiger partial charge in [0.05, 0.1) is 46.1 Å². The average molecular weight is 438 g/mol. The molecule has 0 atom stereocenters. The molecule has 10 nitrogen and oxygen atoms in total. The summed E-state index contributed by atoms with van der Waals surface area (Å²) in [5, 5.41) is 8.66. The highest BCUT2D eigenvalue weighted by Gasteiger charge is 2.19. The zero-order chi connectivity index (χ0) is 20.2. The largest absolute Gasteiger partial charge is 0.481 e. The summed E-state index contributed by atoms with van der Waals surface area (Å²) < 4.78 is 16.0. The second-order valence-corrected chi connectivity index (χ2v) is 6.66. The Kier molecular flexibility index (Phi) is 10.7. The van der Waals surface area contributed by atoms with Crippen molar-refractivity contribution in [3.63, 3.8) is 0 Å². The van der Waals surface area contributed by atoms with Crippen LogP contribution in [0, 0.1) is 0 Å². The SMILES string of the molecule is O=C(O)CCOCCOCCOCCN1CCN(c2nc(Cl)nc(Cl)n2)CC1. The van der Waals surface area contributed by atoms with Gasteiger partial charge in [0, 0.05) is 32.7 Å². The zero-order valence-corrected chi connectivity index (χ0v) is 17.1. The molecule has 0 spiro atoms. The van der Waals surface area contributed by atoms with E-state index in [1.807, 2.05) is 4.90 Å². The van der Waals surface area contributed by atoms with Gasteiger partial charge in [0.1, 0.15) is 0 Å². The minimum Gasteiger partial charge on any atom is -0.481 e. The van der Waals surface area contributed by atoms with Crippen LogP contribution in [0.15, 0.2) is 0 Å². The monoisotopic (exact) mass is 437 g/mol. The minimum absolute atomic E-state index is 0.00838. The quantitative estimate of drug-likeness (QED) is 0.445. The lowest BCUT2D eigenvalue weighted by Gasteiger charge is -2.34. The van der Waals surface area contributed by atoms with Crippen molar-refractivity contribution in [1.29, 1.82) is 0 Å². The first-order valence-corrected chi connectivity index (χ1v) is 9.79. The van der Waals surface area contributed by atoms with Gasteiger partial charge in [0.25, 0.3) is 0 Å². The van der Waals surface area contributed by atoms with E-state index in [4.69, 9.17) is 42.5 Å². The number of ether oxygens (including phenoxy) is 3. The van der Waals surface area contributed by atoms with E-state index in [1.54, 1.807) is 0 Å². The van der Waals surface area contributed by atoms with Crippen LogP contribution in [0.4, 0.5) is 5.95 Å². The third kappa shape index (κ3) is 9.26. The number of carboxylic acids is 1. The smallest absolute Gasteiger partial charge is 0.305 e. The van der Waals surface area contributed by atoms with Crippen LogP contribution in [0.25, 0.3) is 0 Å². The van der Waals surface area contributed by atoms with Gasteiger partial charge >= 0.3 is 5.97 Å². The zero-order valence-electron chi connectivity index (χ0n) is 15.6. The Morgan fingerprint density at radius 2 is 1.39 bits per heavy atom. The van der Waals surface area contributed by atoms with E-state index in [0.29, 0.717) is 39.0 Å². The van der Waals surface area contributed by atoms with Crippen molar-refractivity contribution >= 4 is 35.1 Å². The molecule has 1 aliphatic heterocycles. The van der Waals surface area contributed by atoms with Crippen molar-refractivity contribution in [3.05, 3.63) is 10.6 Å².